The number of esters is 1. The van der Waals surface area contributed by atoms with Crippen molar-refractivity contribution in [1.82, 2.24) is 10.1 Å². The number of hydrogen-bond donors (Lipinski definition) is 0. The summed E-state index contributed by atoms with van der Waals surface area (Å²) >= 11 is 7.36. The van der Waals surface area contributed by atoms with Crippen molar-refractivity contribution in [2.24, 2.45) is 0 Å². The molecule has 1 heterocycles. The monoisotopic (exact) mass is 392 g/mol. The minimum atomic E-state index is -0.354. The maximum Gasteiger partial charge on any atom is 0.307 e. The van der Waals surface area contributed by atoms with Gasteiger partial charge in [0.05, 0.1) is 6.42 Å². The minimum absolute atomic E-state index is 0.0986. The molecule has 3 rings (SSSR count). The summed E-state index contributed by atoms with van der Waals surface area (Å²) in [6, 6.07) is 13.1. The van der Waals surface area contributed by atoms with E-state index in [4.69, 9.17) is 20.9 Å². The second kappa shape index (κ2) is 8.82. The summed E-state index contributed by atoms with van der Waals surface area (Å²) in [6.45, 7) is -0.0986. The second-order valence-electron chi connectivity index (χ2n) is 5.23. The average molecular weight is 393 g/mol. The van der Waals surface area contributed by atoms with Crippen molar-refractivity contribution in [2.45, 2.75) is 17.9 Å². The molecule has 0 unspecified atom stereocenters. The number of aromatic nitrogens is 2. The fourth-order valence-corrected chi connectivity index (χ4v) is 2.99. The normalized spacial score (nSPS) is 10.7. The molecule has 0 fully saturated rings. The van der Waals surface area contributed by atoms with Crippen molar-refractivity contribution in [3.05, 3.63) is 65.3 Å². The van der Waals surface area contributed by atoms with Crippen molar-refractivity contribution < 1.29 is 18.4 Å². The molecule has 0 atom stereocenters. The van der Waals surface area contributed by atoms with Gasteiger partial charge in [-0.05, 0) is 48.5 Å². The lowest BCUT2D eigenvalue weighted by molar-refractivity contribution is -0.145. The van der Waals surface area contributed by atoms with Gasteiger partial charge in [0.2, 0.25) is 5.82 Å². The van der Waals surface area contributed by atoms with Crippen LogP contribution in [0.3, 0.4) is 0 Å². The Kier molecular flexibility index (Phi) is 6.25. The lowest BCUT2D eigenvalue weighted by atomic mass is 10.2. The number of carbonyl (C=O) groups is 1. The highest BCUT2D eigenvalue weighted by molar-refractivity contribution is 7.99. The number of benzene rings is 2. The lowest BCUT2D eigenvalue weighted by Gasteiger charge is -2.02. The van der Waals surface area contributed by atoms with Crippen molar-refractivity contribution in [3.63, 3.8) is 0 Å². The van der Waals surface area contributed by atoms with Crippen LogP contribution in [-0.4, -0.2) is 21.9 Å². The summed E-state index contributed by atoms with van der Waals surface area (Å²) in [7, 11) is 0. The molecule has 3 aromatic rings. The van der Waals surface area contributed by atoms with Crippen LogP contribution in [0.5, 0.6) is 0 Å². The highest BCUT2D eigenvalue weighted by atomic mass is 35.5. The number of nitrogens with zero attached hydrogens (tertiary/aromatic N) is 2. The Bertz CT molecular complexity index is 869. The van der Waals surface area contributed by atoms with E-state index in [1.54, 1.807) is 36.0 Å². The number of hydrogen-bond acceptors (Lipinski definition) is 6. The fourth-order valence-electron chi connectivity index (χ4n) is 2.03. The van der Waals surface area contributed by atoms with Crippen molar-refractivity contribution in [3.8, 4) is 11.4 Å². The van der Waals surface area contributed by atoms with Crippen LogP contribution in [0.2, 0.25) is 5.02 Å². The van der Waals surface area contributed by atoms with Crippen LogP contribution >= 0.6 is 23.4 Å². The van der Waals surface area contributed by atoms with E-state index in [2.05, 4.69) is 10.1 Å². The summed E-state index contributed by atoms with van der Waals surface area (Å²) in [6.07, 6.45) is 0.256. The van der Waals surface area contributed by atoms with E-state index in [1.807, 2.05) is 12.1 Å². The van der Waals surface area contributed by atoms with E-state index >= 15 is 0 Å². The third-order valence-electron chi connectivity index (χ3n) is 3.32. The molecule has 0 aliphatic heterocycles. The van der Waals surface area contributed by atoms with Crippen LogP contribution in [0.25, 0.3) is 11.4 Å². The highest BCUT2D eigenvalue weighted by Crippen LogP contribution is 2.21. The number of thioether (sulfide) groups is 1. The first kappa shape index (κ1) is 18.4. The Hall–Kier alpha value is -2.38. The molecule has 0 aliphatic carbocycles. The molecular formula is C18H14ClFN2O3S. The first-order chi connectivity index (χ1) is 12.6. The van der Waals surface area contributed by atoms with E-state index < -0.39 is 0 Å². The van der Waals surface area contributed by atoms with Crippen LogP contribution in [0, 0.1) is 5.82 Å². The van der Waals surface area contributed by atoms with Gasteiger partial charge >= 0.3 is 5.97 Å². The summed E-state index contributed by atoms with van der Waals surface area (Å²) in [5.41, 5.74) is 0.618. The molecule has 2 aromatic carbocycles. The fraction of sp³-hybridized carbons (Fsp3) is 0.167. The van der Waals surface area contributed by atoms with E-state index in [0.717, 1.165) is 4.90 Å². The smallest absolute Gasteiger partial charge is 0.307 e. The molecular weight excluding hydrogens is 379 g/mol. The van der Waals surface area contributed by atoms with Gasteiger partial charge in [0.15, 0.2) is 6.61 Å². The Labute approximate surface area is 158 Å². The Morgan fingerprint density at radius 1 is 1.15 bits per heavy atom. The molecule has 0 aliphatic rings. The first-order valence-corrected chi connectivity index (χ1v) is 9.09. The maximum absolute atomic E-state index is 12.9. The third-order valence-corrected chi connectivity index (χ3v) is 4.58. The van der Waals surface area contributed by atoms with E-state index in [1.165, 1.54) is 12.1 Å². The molecule has 134 valence electrons. The largest absolute Gasteiger partial charge is 0.456 e. The molecule has 0 saturated carbocycles. The van der Waals surface area contributed by atoms with Gasteiger partial charge in [-0.3, -0.25) is 4.79 Å². The van der Waals surface area contributed by atoms with E-state index in [-0.39, 0.29) is 30.7 Å². The number of halogens is 2. The van der Waals surface area contributed by atoms with Crippen molar-refractivity contribution in [2.75, 3.05) is 5.75 Å². The van der Waals surface area contributed by atoms with Crippen LogP contribution in [0.1, 0.15) is 12.3 Å². The van der Waals surface area contributed by atoms with Crippen LogP contribution in [0.4, 0.5) is 4.39 Å². The predicted molar refractivity (Wildman–Crippen MR) is 96.3 cm³/mol. The zero-order chi connectivity index (χ0) is 18.4. The zero-order valence-corrected chi connectivity index (χ0v) is 15.1. The molecule has 26 heavy (non-hydrogen) atoms. The highest BCUT2D eigenvalue weighted by Gasteiger charge is 2.11. The van der Waals surface area contributed by atoms with Gasteiger partial charge in [-0.1, -0.05) is 16.8 Å². The molecule has 0 spiro atoms. The quantitative estimate of drug-likeness (QED) is 0.427. The van der Waals surface area contributed by atoms with Gasteiger partial charge in [0, 0.05) is 21.2 Å². The molecule has 8 heteroatoms. The lowest BCUT2D eigenvalue weighted by Crippen LogP contribution is -2.05. The molecule has 0 saturated heterocycles. The minimum Gasteiger partial charge on any atom is -0.456 e. The Morgan fingerprint density at radius 3 is 2.62 bits per heavy atom. The second-order valence-corrected chi connectivity index (χ2v) is 6.84. The topological polar surface area (TPSA) is 65.2 Å². The molecule has 5 nitrogen and oxygen atoms in total. The standard InChI is InChI=1S/C18H14ClFN2O3S/c19-13-3-7-15(8-4-13)26-10-9-17(23)24-11-16-21-18(22-25-16)12-1-5-14(20)6-2-12/h1-8H,9-11H2. The molecule has 1 aromatic heterocycles. The maximum atomic E-state index is 12.9. The zero-order valence-electron chi connectivity index (χ0n) is 13.5. The van der Waals surface area contributed by atoms with Crippen LogP contribution in [0.15, 0.2) is 57.9 Å². The average Bonchev–Trinajstić information content (AvgIpc) is 3.11. The van der Waals surface area contributed by atoms with Crippen molar-refractivity contribution >= 4 is 29.3 Å². The molecule has 0 radical (unpaired) electrons. The Balaban J connectivity index is 1.43. The van der Waals surface area contributed by atoms with Gasteiger partial charge in [0.25, 0.3) is 5.89 Å². The summed E-state index contributed by atoms with van der Waals surface area (Å²) in [5, 5.41) is 4.46. The third kappa shape index (κ3) is 5.31. The first-order valence-electron chi connectivity index (χ1n) is 7.73. The van der Waals surface area contributed by atoms with E-state index in [0.29, 0.717) is 22.2 Å². The SMILES string of the molecule is O=C(CCSc1ccc(Cl)cc1)OCc1nc(-c2ccc(F)cc2)no1. The summed E-state index contributed by atoms with van der Waals surface area (Å²) in [5.74, 6) is 0.388. The molecule has 0 amide bonds. The summed E-state index contributed by atoms with van der Waals surface area (Å²) in [4.78, 5) is 16.9. The van der Waals surface area contributed by atoms with Gasteiger partial charge in [-0.25, -0.2) is 4.39 Å². The van der Waals surface area contributed by atoms with Gasteiger partial charge in [-0.2, -0.15) is 4.98 Å². The molecule has 0 bridgehead atoms. The van der Waals surface area contributed by atoms with Crippen molar-refractivity contribution in [1.29, 1.82) is 0 Å². The number of ether oxygens (including phenoxy) is 1. The van der Waals surface area contributed by atoms with Gasteiger partial charge < -0.3 is 9.26 Å². The van der Waals surface area contributed by atoms with Crippen LogP contribution in [-0.2, 0) is 16.1 Å². The number of rotatable bonds is 7. The Morgan fingerprint density at radius 2 is 1.88 bits per heavy atom. The van der Waals surface area contributed by atoms with Gasteiger partial charge in [-0.15, -0.1) is 11.8 Å². The van der Waals surface area contributed by atoms with Gasteiger partial charge in [0.1, 0.15) is 5.82 Å². The van der Waals surface area contributed by atoms with Crippen LogP contribution < -0.4 is 0 Å². The van der Waals surface area contributed by atoms with E-state index in [9.17, 15) is 9.18 Å². The number of carbonyl (C=O) groups excluding carboxylic acids is 1. The predicted octanol–water partition coefficient (Wildman–Crippen LogP) is 4.75. The molecule has 0 N–H and O–H groups in total. The summed E-state index contributed by atoms with van der Waals surface area (Å²) < 4.78 is 23.1.